The summed E-state index contributed by atoms with van der Waals surface area (Å²) in [5, 5.41) is 5.57. The van der Waals surface area contributed by atoms with Crippen molar-refractivity contribution in [3.63, 3.8) is 0 Å². The number of rotatable bonds is 2. The number of amides is 2. The monoisotopic (exact) mass is 205 g/mol. The van der Waals surface area contributed by atoms with Gasteiger partial charge < -0.3 is 16.4 Å². The van der Waals surface area contributed by atoms with Gasteiger partial charge in [-0.15, -0.1) is 0 Å². The minimum absolute atomic E-state index is 0.0822. The molecule has 1 saturated heterocycles. The van der Waals surface area contributed by atoms with Crippen molar-refractivity contribution < 1.29 is 4.79 Å². The number of hydrogen-bond acceptors (Lipinski definition) is 2. The number of urea groups is 1. The predicted octanol–water partition coefficient (Wildman–Crippen LogP) is 0.542. The Hall–Kier alpha value is -1.55. The molecular formula is C11H15N3O. The zero-order valence-corrected chi connectivity index (χ0v) is 8.49. The van der Waals surface area contributed by atoms with Crippen molar-refractivity contribution in [1.82, 2.24) is 10.6 Å². The number of nitrogens with two attached hydrogens (primary N) is 1. The van der Waals surface area contributed by atoms with Crippen molar-refractivity contribution in [3.8, 4) is 0 Å². The smallest absolute Gasteiger partial charge is 0.314 e. The van der Waals surface area contributed by atoms with Crippen LogP contribution in [-0.4, -0.2) is 19.1 Å². The molecule has 4 heteroatoms. The normalized spacial score (nSPS) is 17.0. The molecule has 0 unspecified atom stereocenters. The Labute approximate surface area is 88.9 Å². The van der Waals surface area contributed by atoms with Crippen LogP contribution in [0.4, 0.5) is 4.79 Å². The fourth-order valence-corrected chi connectivity index (χ4v) is 1.78. The van der Waals surface area contributed by atoms with Crippen LogP contribution in [0.2, 0.25) is 0 Å². The van der Waals surface area contributed by atoms with E-state index in [1.165, 1.54) is 5.56 Å². The first-order valence-corrected chi connectivity index (χ1v) is 5.10. The van der Waals surface area contributed by atoms with Crippen molar-refractivity contribution >= 4 is 6.03 Å². The van der Waals surface area contributed by atoms with Crippen LogP contribution >= 0.6 is 0 Å². The van der Waals surface area contributed by atoms with Gasteiger partial charge in [-0.3, -0.25) is 0 Å². The van der Waals surface area contributed by atoms with Crippen LogP contribution in [0, 0.1) is 0 Å². The van der Waals surface area contributed by atoms with Crippen molar-refractivity contribution in [2.75, 3.05) is 13.1 Å². The van der Waals surface area contributed by atoms with E-state index in [1.807, 2.05) is 12.1 Å². The highest BCUT2D eigenvalue weighted by Crippen LogP contribution is 2.17. The lowest BCUT2D eigenvalue weighted by Gasteiger charge is -2.24. The Morgan fingerprint density at radius 1 is 1.33 bits per heavy atom. The van der Waals surface area contributed by atoms with Gasteiger partial charge in [0.25, 0.3) is 0 Å². The largest absolute Gasteiger partial charge is 0.337 e. The molecule has 1 aromatic rings. The van der Waals surface area contributed by atoms with Gasteiger partial charge in [0.05, 0.1) is 0 Å². The second-order valence-corrected chi connectivity index (χ2v) is 3.74. The summed E-state index contributed by atoms with van der Waals surface area (Å²) < 4.78 is 0. The Kier molecular flexibility index (Phi) is 2.87. The number of nitrogens with one attached hydrogen (secondary N) is 2. The summed E-state index contributed by atoms with van der Waals surface area (Å²) in [5.41, 5.74) is 7.94. The van der Waals surface area contributed by atoms with Gasteiger partial charge in [0.15, 0.2) is 0 Å². The van der Waals surface area contributed by atoms with Crippen LogP contribution in [0.1, 0.15) is 17.0 Å². The van der Waals surface area contributed by atoms with E-state index in [4.69, 9.17) is 5.73 Å². The van der Waals surface area contributed by atoms with Gasteiger partial charge in [-0.05, 0) is 11.1 Å². The lowest BCUT2D eigenvalue weighted by molar-refractivity contribution is 0.234. The maximum Gasteiger partial charge on any atom is 0.314 e. The predicted molar refractivity (Wildman–Crippen MR) is 58.5 cm³/mol. The van der Waals surface area contributed by atoms with Crippen molar-refractivity contribution in [3.05, 3.63) is 35.4 Å². The van der Waals surface area contributed by atoms with Crippen LogP contribution in [-0.2, 0) is 6.54 Å². The van der Waals surface area contributed by atoms with E-state index < -0.39 is 0 Å². The summed E-state index contributed by atoms with van der Waals surface area (Å²) in [7, 11) is 0. The Bertz CT molecular complexity index is 355. The fourth-order valence-electron chi connectivity index (χ4n) is 1.78. The molecule has 0 bridgehead atoms. The highest BCUT2D eigenvalue weighted by molar-refractivity contribution is 5.74. The molecule has 1 aliphatic rings. The van der Waals surface area contributed by atoms with E-state index in [1.54, 1.807) is 0 Å². The van der Waals surface area contributed by atoms with E-state index in [2.05, 4.69) is 22.8 Å². The first-order valence-electron chi connectivity index (χ1n) is 5.10. The molecule has 1 aromatic carbocycles. The zero-order chi connectivity index (χ0) is 10.7. The summed E-state index contributed by atoms with van der Waals surface area (Å²) in [4.78, 5) is 10.9. The average molecular weight is 205 g/mol. The topological polar surface area (TPSA) is 67.1 Å². The maximum atomic E-state index is 10.9. The molecule has 0 spiro atoms. The molecule has 0 atom stereocenters. The van der Waals surface area contributed by atoms with Gasteiger partial charge in [0, 0.05) is 25.6 Å². The van der Waals surface area contributed by atoms with Gasteiger partial charge in [-0.1, -0.05) is 24.3 Å². The van der Waals surface area contributed by atoms with Crippen molar-refractivity contribution in [2.24, 2.45) is 5.73 Å². The van der Waals surface area contributed by atoms with E-state index >= 15 is 0 Å². The van der Waals surface area contributed by atoms with Crippen molar-refractivity contribution in [1.29, 1.82) is 0 Å². The molecule has 1 heterocycles. The second kappa shape index (κ2) is 4.31. The van der Waals surface area contributed by atoms with Gasteiger partial charge >= 0.3 is 6.03 Å². The highest BCUT2D eigenvalue weighted by Gasteiger charge is 2.18. The molecule has 4 nitrogen and oxygen atoms in total. The zero-order valence-electron chi connectivity index (χ0n) is 8.49. The van der Waals surface area contributed by atoms with Crippen LogP contribution < -0.4 is 16.4 Å². The van der Waals surface area contributed by atoms with Gasteiger partial charge in [0.1, 0.15) is 0 Å². The summed E-state index contributed by atoms with van der Waals surface area (Å²) in [6, 6.07) is 8.11. The summed E-state index contributed by atoms with van der Waals surface area (Å²) in [6.07, 6.45) is 0. The summed E-state index contributed by atoms with van der Waals surface area (Å²) in [6.45, 7) is 1.94. The molecule has 0 aromatic heterocycles. The molecule has 0 saturated carbocycles. The molecule has 0 radical (unpaired) electrons. The Morgan fingerprint density at radius 2 is 2.07 bits per heavy atom. The minimum atomic E-state index is -0.0822. The van der Waals surface area contributed by atoms with Gasteiger partial charge in [-0.2, -0.15) is 0 Å². The SMILES string of the molecule is NCc1cccc(C2CNC(=O)NC2)c1. The van der Waals surface area contributed by atoms with Gasteiger partial charge in [-0.25, -0.2) is 4.79 Å². The standard InChI is InChI=1S/C11H15N3O/c12-5-8-2-1-3-9(4-8)10-6-13-11(15)14-7-10/h1-4,10H,5-7,12H2,(H2,13,14,15). The second-order valence-electron chi connectivity index (χ2n) is 3.74. The van der Waals surface area contributed by atoms with E-state index in [9.17, 15) is 4.79 Å². The molecule has 2 amide bonds. The Morgan fingerprint density at radius 3 is 2.73 bits per heavy atom. The van der Waals surface area contributed by atoms with Crippen molar-refractivity contribution in [2.45, 2.75) is 12.5 Å². The third kappa shape index (κ3) is 2.27. The Balaban J connectivity index is 2.11. The minimum Gasteiger partial charge on any atom is -0.337 e. The van der Waals surface area contributed by atoms with E-state index in [0.717, 1.165) is 5.56 Å². The highest BCUT2D eigenvalue weighted by atomic mass is 16.2. The third-order valence-electron chi connectivity index (χ3n) is 2.68. The molecular weight excluding hydrogens is 190 g/mol. The summed E-state index contributed by atoms with van der Waals surface area (Å²) in [5.74, 6) is 0.342. The van der Waals surface area contributed by atoms with E-state index in [-0.39, 0.29) is 6.03 Å². The lowest BCUT2D eigenvalue weighted by Crippen LogP contribution is -2.47. The molecule has 4 N–H and O–H groups in total. The number of hydrogen-bond donors (Lipinski definition) is 3. The molecule has 80 valence electrons. The van der Waals surface area contributed by atoms with Crippen LogP contribution in [0.15, 0.2) is 24.3 Å². The van der Waals surface area contributed by atoms with Crippen LogP contribution in [0.3, 0.4) is 0 Å². The molecule has 1 fully saturated rings. The first kappa shape index (κ1) is 9.98. The lowest BCUT2D eigenvalue weighted by atomic mass is 9.96. The number of benzene rings is 1. The molecule has 1 aliphatic heterocycles. The molecule has 0 aliphatic carbocycles. The molecule has 2 rings (SSSR count). The van der Waals surface area contributed by atoms with Gasteiger partial charge in [0.2, 0.25) is 0 Å². The maximum absolute atomic E-state index is 10.9. The van der Waals surface area contributed by atoms with E-state index in [0.29, 0.717) is 25.6 Å². The quantitative estimate of drug-likeness (QED) is 0.659. The first-order chi connectivity index (χ1) is 7.29. The number of carbonyl (C=O) groups is 1. The van der Waals surface area contributed by atoms with Crippen LogP contribution in [0.25, 0.3) is 0 Å². The number of carbonyl (C=O) groups excluding carboxylic acids is 1. The molecule has 15 heavy (non-hydrogen) atoms. The van der Waals surface area contributed by atoms with Crippen LogP contribution in [0.5, 0.6) is 0 Å². The summed E-state index contributed by atoms with van der Waals surface area (Å²) >= 11 is 0. The third-order valence-corrected chi connectivity index (χ3v) is 2.68. The fraction of sp³-hybridized carbons (Fsp3) is 0.364. The average Bonchev–Trinajstić information content (AvgIpc) is 2.30.